The number of benzene rings is 1. The summed E-state index contributed by atoms with van der Waals surface area (Å²) in [6.07, 6.45) is 0.872. The largest absolute Gasteiger partial charge is 0.496 e. The molecule has 1 aromatic rings. The van der Waals surface area contributed by atoms with E-state index in [1.165, 1.54) is 0 Å². The third-order valence-corrected chi connectivity index (χ3v) is 2.27. The van der Waals surface area contributed by atoms with Crippen molar-refractivity contribution in [2.45, 2.75) is 19.4 Å². The van der Waals surface area contributed by atoms with Crippen LogP contribution >= 0.6 is 11.6 Å². The fourth-order valence-electron chi connectivity index (χ4n) is 1.21. The van der Waals surface area contributed by atoms with Gasteiger partial charge in [0.05, 0.1) is 7.11 Å². The zero-order chi connectivity index (χ0) is 9.84. The summed E-state index contributed by atoms with van der Waals surface area (Å²) < 4.78 is 5.18. The number of hydrogen-bond donors (Lipinski definition) is 1. The maximum absolute atomic E-state index is 5.90. The van der Waals surface area contributed by atoms with Gasteiger partial charge in [0.1, 0.15) is 5.75 Å². The second kappa shape index (κ2) is 4.49. The van der Waals surface area contributed by atoms with Gasteiger partial charge in [-0.05, 0) is 24.6 Å². The fourth-order valence-corrected chi connectivity index (χ4v) is 1.40. The minimum atomic E-state index is -0.00588. The summed E-state index contributed by atoms with van der Waals surface area (Å²) >= 11 is 5.86. The Morgan fingerprint density at radius 2 is 2.23 bits per heavy atom. The first-order valence-corrected chi connectivity index (χ1v) is 4.65. The van der Waals surface area contributed by atoms with Gasteiger partial charge in [0, 0.05) is 16.6 Å². The van der Waals surface area contributed by atoms with E-state index in [9.17, 15) is 0 Å². The van der Waals surface area contributed by atoms with Crippen molar-refractivity contribution in [3.8, 4) is 5.75 Å². The molecule has 0 bridgehead atoms. The van der Waals surface area contributed by atoms with E-state index in [0.717, 1.165) is 17.7 Å². The molecule has 0 heterocycles. The van der Waals surface area contributed by atoms with Crippen LogP contribution in [0.2, 0.25) is 5.02 Å². The van der Waals surface area contributed by atoms with E-state index in [1.54, 1.807) is 13.2 Å². The Bertz CT molecular complexity index is 288. The van der Waals surface area contributed by atoms with Crippen molar-refractivity contribution in [2.24, 2.45) is 5.73 Å². The first kappa shape index (κ1) is 10.4. The molecule has 0 aliphatic carbocycles. The van der Waals surface area contributed by atoms with Crippen LogP contribution in [0, 0.1) is 0 Å². The monoisotopic (exact) mass is 199 g/mol. The molecule has 0 aliphatic heterocycles. The van der Waals surface area contributed by atoms with Crippen molar-refractivity contribution in [3.05, 3.63) is 28.8 Å². The second-order valence-corrected chi connectivity index (χ2v) is 3.34. The van der Waals surface area contributed by atoms with Gasteiger partial charge in [-0.25, -0.2) is 0 Å². The molecule has 0 saturated heterocycles. The van der Waals surface area contributed by atoms with Gasteiger partial charge in [0.2, 0.25) is 0 Å². The number of hydrogen-bond acceptors (Lipinski definition) is 2. The summed E-state index contributed by atoms with van der Waals surface area (Å²) in [6.45, 7) is 2.03. The molecule has 0 saturated carbocycles. The van der Waals surface area contributed by atoms with Crippen LogP contribution in [-0.4, -0.2) is 7.11 Å². The van der Waals surface area contributed by atoms with Gasteiger partial charge in [-0.3, -0.25) is 0 Å². The summed E-state index contributed by atoms with van der Waals surface area (Å²) in [5, 5.41) is 0.694. The maximum Gasteiger partial charge on any atom is 0.123 e. The molecule has 1 rings (SSSR count). The van der Waals surface area contributed by atoms with Crippen LogP contribution in [0.1, 0.15) is 24.9 Å². The average molecular weight is 200 g/mol. The van der Waals surface area contributed by atoms with E-state index in [0.29, 0.717) is 5.02 Å². The lowest BCUT2D eigenvalue weighted by molar-refractivity contribution is 0.405. The van der Waals surface area contributed by atoms with Gasteiger partial charge >= 0.3 is 0 Å². The van der Waals surface area contributed by atoms with E-state index < -0.39 is 0 Å². The molecule has 0 radical (unpaired) electrons. The number of ether oxygens (including phenoxy) is 1. The van der Waals surface area contributed by atoms with Crippen LogP contribution in [0.3, 0.4) is 0 Å². The number of rotatable bonds is 3. The molecule has 0 aromatic heterocycles. The highest BCUT2D eigenvalue weighted by Gasteiger charge is 2.09. The quantitative estimate of drug-likeness (QED) is 0.813. The van der Waals surface area contributed by atoms with Crippen molar-refractivity contribution in [3.63, 3.8) is 0 Å². The van der Waals surface area contributed by atoms with Gasteiger partial charge in [-0.2, -0.15) is 0 Å². The van der Waals surface area contributed by atoms with Crippen LogP contribution in [0.5, 0.6) is 5.75 Å². The Kier molecular flexibility index (Phi) is 3.58. The highest BCUT2D eigenvalue weighted by molar-refractivity contribution is 6.30. The predicted octanol–water partition coefficient (Wildman–Crippen LogP) is 2.76. The van der Waals surface area contributed by atoms with Crippen LogP contribution in [0.15, 0.2) is 18.2 Å². The Labute approximate surface area is 83.6 Å². The van der Waals surface area contributed by atoms with E-state index in [-0.39, 0.29) is 6.04 Å². The third kappa shape index (κ3) is 2.36. The van der Waals surface area contributed by atoms with Crippen LogP contribution in [0.25, 0.3) is 0 Å². The van der Waals surface area contributed by atoms with Crippen LogP contribution in [0.4, 0.5) is 0 Å². The standard InChI is InChI=1S/C10H14ClNO/c1-3-9(12)8-6-7(11)4-5-10(8)13-2/h4-6,9H,3,12H2,1-2H3/t9-/m1/s1. The van der Waals surface area contributed by atoms with Gasteiger partial charge in [-0.15, -0.1) is 0 Å². The molecule has 1 aromatic carbocycles. The lowest BCUT2D eigenvalue weighted by Crippen LogP contribution is -2.10. The Morgan fingerprint density at radius 3 is 2.77 bits per heavy atom. The SMILES string of the molecule is CC[C@@H](N)c1cc(Cl)ccc1OC. The summed E-state index contributed by atoms with van der Waals surface area (Å²) in [6, 6.07) is 5.49. The van der Waals surface area contributed by atoms with E-state index in [4.69, 9.17) is 22.1 Å². The lowest BCUT2D eigenvalue weighted by atomic mass is 10.0. The smallest absolute Gasteiger partial charge is 0.123 e. The maximum atomic E-state index is 5.90. The van der Waals surface area contributed by atoms with Crippen molar-refractivity contribution in [1.82, 2.24) is 0 Å². The van der Waals surface area contributed by atoms with Crippen molar-refractivity contribution >= 4 is 11.6 Å². The van der Waals surface area contributed by atoms with Gasteiger partial charge in [0.15, 0.2) is 0 Å². The molecule has 0 aliphatic rings. The first-order valence-electron chi connectivity index (χ1n) is 4.28. The molecule has 0 unspecified atom stereocenters. The number of halogens is 1. The summed E-state index contributed by atoms with van der Waals surface area (Å²) in [5.74, 6) is 0.804. The predicted molar refractivity (Wildman–Crippen MR) is 55.2 cm³/mol. The fraction of sp³-hybridized carbons (Fsp3) is 0.400. The molecule has 0 amide bonds. The molecular formula is C10H14ClNO. The van der Waals surface area contributed by atoms with Gasteiger partial charge in [0.25, 0.3) is 0 Å². The Morgan fingerprint density at radius 1 is 1.54 bits per heavy atom. The molecule has 72 valence electrons. The van der Waals surface area contributed by atoms with Crippen LogP contribution in [-0.2, 0) is 0 Å². The summed E-state index contributed by atoms with van der Waals surface area (Å²) in [4.78, 5) is 0. The van der Waals surface area contributed by atoms with Crippen LogP contribution < -0.4 is 10.5 Å². The molecule has 0 fully saturated rings. The second-order valence-electron chi connectivity index (χ2n) is 2.90. The molecule has 13 heavy (non-hydrogen) atoms. The van der Waals surface area contributed by atoms with E-state index in [2.05, 4.69) is 0 Å². The molecule has 2 N–H and O–H groups in total. The highest BCUT2D eigenvalue weighted by Crippen LogP contribution is 2.28. The first-order chi connectivity index (χ1) is 6.19. The summed E-state index contributed by atoms with van der Waals surface area (Å²) in [5.41, 5.74) is 6.87. The highest BCUT2D eigenvalue weighted by atomic mass is 35.5. The Balaban J connectivity index is 3.07. The lowest BCUT2D eigenvalue weighted by Gasteiger charge is -2.13. The minimum Gasteiger partial charge on any atom is -0.496 e. The number of methoxy groups -OCH3 is 1. The minimum absolute atomic E-state index is 0.00588. The molecule has 1 atom stereocenters. The van der Waals surface area contributed by atoms with Crippen molar-refractivity contribution in [1.29, 1.82) is 0 Å². The molecule has 2 nitrogen and oxygen atoms in total. The van der Waals surface area contributed by atoms with Gasteiger partial charge < -0.3 is 10.5 Å². The zero-order valence-electron chi connectivity index (χ0n) is 7.88. The van der Waals surface area contributed by atoms with E-state index in [1.807, 2.05) is 19.1 Å². The summed E-state index contributed by atoms with van der Waals surface area (Å²) in [7, 11) is 1.63. The van der Waals surface area contributed by atoms with Crippen molar-refractivity contribution in [2.75, 3.05) is 7.11 Å². The number of nitrogens with two attached hydrogens (primary N) is 1. The molecule has 3 heteroatoms. The Hall–Kier alpha value is -0.730. The normalized spacial score (nSPS) is 12.6. The third-order valence-electron chi connectivity index (χ3n) is 2.03. The van der Waals surface area contributed by atoms with Crippen molar-refractivity contribution < 1.29 is 4.74 Å². The molecule has 0 spiro atoms. The van der Waals surface area contributed by atoms with Gasteiger partial charge in [-0.1, -0.05) is 18.5 Å². The topological polar surface area (TPSA) is 35.2 Å². The zero-order valence-corrected chi connectivity index (χ0v) is 8.64. The average Bonchev–Trinajstić information content (AvgIpc) is 2.16. The van der Waals surface area contributed by atoms with E-state index >= 15 is 0 Å². The molecular weight excluding hydrogens is 186 g/mol.